The van der Waals surface area contributed by atoms with Gasteiger partial charge in [-0.05, 0) is 31.0 Å². The predicted molar refractivity (Wildman–Crippen MR) is 60.5 cm³/mol. The van der Waals surface area contributed by atoms with Crippen molar-refractivity contribution in [1.82, 2.24) is 15.3 Å². The summed E-state index contributed by atoms with van der Waals surface area (Å²) in [5, 5.41) is 3.31. The summed E-state index contributed by atoms with van der Waals surface area (Å²) >= 11 is 0. The van der Waals surface area contributed by atoms with Gasteiger partial charge in [0.05, 0.1) is 11.6 Å². The lowest BCUT2D eigenvalue weighted by Gasteiger charge is -2.11. The molecule has 2 N–H and O–H groups in total. The minimum absolute atomic E-state index is 0.0842. The predicted octanol–water partition coefficient (Wildman–Crippen LogP) is 2.51. The Bertz CT molecular complexity index is 564. The van der Waals surface area contributed by atoms with E-state index in [4.69, 9.17) is 0 Å². The highest BCUT2D eigenvalue weighted by atomic mass is 19.2. The zero-order valence-electron chi connectivity index (χ0n) is 9.43. The van der Waals surface area contributed by atoms with Crippen LogP contribution >= 0.6 is 0 Å². The van der Waals surface area contributed by atoms with Crippen molar-refractivity contribution < 1.29 is 8.78 Å². The third-order valence-corrected chi connectivity index (χ3v) is 3.39. The molecular weight excluding hydrogens is 224 g/mol. The summed E-state index contributed by atoms with van der Waals surface area (Å²) in [5.74, 6) is -0.600. The fourth-order valence-corrected chi connectivity index (χ4v) is 2.38. The molecule has 90 valence electrons. The van der Waals surface area contributed by atoms with E-state index in [2.05, 4.69) is 22.2 Å². The number of benzene rings is 1. The molecule has 0 bridgehead atoms. The van der Waals surface area contributed by atoms with Crippen LogP contribution in [-0.4, -0.2) is 16.5 Å². The van der Waals surface area contributed by atoms with Crippen LogP contribution in [0, 0.1) is 17.6 Å². The Labute approximate surface area is 97.2 Å². The number of nitrogens with one attached hydrogen (secondary N) is 2. The highest BCUT2D eigenvalue weighted by molar-refractivity contribution is 5.75. The Morgan fingerprint density at radius 2 is 2.18 bits per heavy atom. The highest BCUT2D eigenvalue weighted by Gasteiger charge is 2.27. The number of aromatic amines is 1. The molecule has 1 fully saturated rings. The van der Waals surface area contributed by atoms with Crippen LogP contribution in [0.25, 0.3) is 11.0 Å². The lowest BCUT2D eigenvalue weighted by Crippen LogP contribution is -2.17. The largest absolute Gasteiger partial charge is 0.341 e. The topological polar surface area (TPSA) is 40.7 Å². The first-order chi connectivity index (χ1) is 8.16. The van der Waals surface area contributed by atoms with Crippen molar-refractivity contribution in [2.75, 3.05) is 6.54 Å². The fourth-order valence-electron chi connectivity index (χ4n) is 2.38. The van der Waals surface area contributed by atoms with Crippen molar-refractivity contribution in [3.8, 4) is 0 Å². The number of hydrogen-bond donors (Lipinski definition) is 2. The smallest absolute Gasteiger partial charge is 0.186 e. The Hall–Kier alpha value is -1.49. The first-order valence-corrected chi connectivity index (χ1v) is 5.74. The van der Waals surface area contributed by atoms with Gasteiger partial charge < -0.3 is 10.3 Å². The second kappa shape index (κ2) is 3.77. The molecule has 2 heterocycles. The number of halogens is 2. The molecule has 1 aromatic carbocycles. The van der Waals surface area contributed by atoms with Gasteiger partial charge in [-0.1, -0.05) is 6.92 Å². The summed E-state index contributed by atoms with van der Waals surface area (Å²) in [6.07, 6.45) is 1.07. The Morgan fingerprint density at radius 1 is 1.35 bits per heavy atom. The molecule has 0 aliphatic carbocycles. The van der Waals surface area contributed by atoms with Crippen LogP contribution in [0.2, 0.25) is 0 Å². The summed E-state index contributed by atoms with van der Waals surface area (Å²) in [6.45, 7) is 3.05. The van der Waals surface area contributed by atoms with E-state index in [-0.39, 0.29) is 11.6 Å². The molecule has 1 saturated heterocycles. The number of fused-ring (bicyclic) bond motifs is 1. The van der Waals surface area contributed by atoms with E-state index in [1.54, 1.807) is 0 Å². The molecule has 17 heavy (non-hydrogen) atoms. The number of rotatable bonds is 1. The molecule has 3 nitrogen and oxygen atoms in total. The van der Waals surface area contributed by atoms with Crippen LogP contribution < -0.4 is 5.32 Å². The van der Waals surface area contributed by atoms with Gasteiger partial charge in [-0.2, -0.15) is 0 Å². The second-order valence-electron chi connectivity index (χ2n) is 4.58. The zero-order chi connectivity index (χ0) is 12.0. The Balaban J connectivity index is 2.10. The monoisotopic (exact) mass is 237 g/mol. The lowest BCUT2D eigenvalue weighted by molar-refractivity contribution is 0.483. The first-order valence-electron chi connectivity index (χ1n) is 5.74. The minimum Gasteiger partial charge on any atom is -0.341 e. The normalized spacial score (nSPS) is 24.6. The molecule has 2 atom stereocenters. The number of hydrogen-bond acceptors (Lipinski definition) is 2. The van der Waals surface area contributed by atoms with Crippen LogP contribution in [0.5, 0.6) is 0 Å². The van der Waals surface area contributed by atoms with Gasteiger partial charge in [-0.3, -0.25) is 0 Å². The summed E-state index contributed by atoms with van der Waals surface area (Å²) in [6, 6.07) is 2.74. The lowest BCUT2D eigenvalue weighted by atomic mass is 10.0. The minimum atomic E-state index is -0.879. The van der Waals surface area contributed by atoms with Gasteiger partial charge in [0.2, 0.25) is 0 Å². The average Bonchev–Trinajstić information content (AvgIpc) is 2.89. The van der Waals surface area contributed by atoms with Gasteiger partial charge in [0.1, 0.15) is 11.3 Å². The molecule has 0 radical (unpaired) electrons. The standard InChI is InChI=1S/C12H13F2N3/c1-6-4-5-15-10(6)12-16-8-3-2-7(13)9(14)11(8)17-12/h2-3,6,10,15H,4-5H2,1H3,(H,16,17). The number of imidazole rings is 1. The van der Waals surface area contributed by atoms with E-state index in [9.17, 15) is 8.78 Å². The highest BCUT2D eigenvalue weighted by Crippen LogP contribution is 2.29. The van der Waals surface area contributed by atoms with Crippen LogP contribution in [0.4, 0.5) is 8.78 Å². The summed E-state index contributed by atoms with van der Waals surface area (Å²) in [5.41, 5.74) is 0.626. The molecule has 3 rings (SSSR count). The zero-order valence-corrected chi connectivity index (χ0v) is 9.43. The molecule has 2 aromatic rings. The first kappa shape index (κ1) is 10.7. The molecule has 5 heteroatoms. The van der Waals surface area contributed by atoms with E-state index in [0.29, 0.717) is 17.3 Å². The number of H-pyrrole nitrogens is 1. The maximum Gasteiger partial charge on any atom is 0.186 e. The molecule has 0 amide bonds. The number of nitrogens with zero attached hydrogens (tertiary/aromatic N) is 1. The van der Waals surface area contributed by atoms with Gasteiger partial charge in [0.15, 0.2) is 11.6 Å². The van der Waals surface area contributed by atoms with E-state index in [1.165, 1.54) is 6.07 Å². The molecule has 0 spiro atoms. The van der Waals surface area contributed by atoms with Gasteiger partial charge in [-0.25, -0.2) is 13.8 Å². The molecule has 1 aromatic heterocycles. The van der Waals surface area contributed by atoms with Crippen molar-refractivity contribution in [2.24, 2.45) is 5.92 Å². The third kappa shape index (κ3) is 1.61. The van der Waals surface area contributed by atoms with E-state index in [1.807, 2.05) is 0 Å². The van der Waals surface area contributed by atoms with Gasteiger partial charge in [0, 0.05) is 0 Å². The van der Waals surface area contributed by atoms with Crippen molar-refractivity contribution >= 4 is 11.0 Å². The van der Waals surface area contributed by atoms with Gasteiger partial charge in [-0.15, -0.1) is 0 Å². The third-order valence-electron chi connectivity index (χ3n) is 3.39. The maximum atomic E-state index is 13.5. The maximum absolute atomic E-state index is 13.5. The Kier molecular flexibility index (Phi) is 2.36. The molecule has 2 unspecified atom stereocenters. The van der Waals surface area contributed by atoms with Crippen molar-refractivity contribution in [3.63, 3.8) is 0 Å². The SMILES string of the molecule is CC1CCNC1c1nc2c(F)c(F)ccc2[nH]1. The van der Waals surface area contributed by atoms with Crippen LogP contribution in [0.3, 0.4) is 0 Å². The Morgan fingerprint density at radius 3 is 2.88 bits per heavy atom. The van der Waals surface area contributed by atoms with Crippen molar-refractivity contribution in [2.45, 2.75) is 19.4 Å². The van der Waals surface area contributed by atoms with Crippen molar-refractivity contribution in [3.05, 3.63) is 29.6 Å². The van der Waals surface area contributed by atoms with E-state index in [0.717, 1.165) is 19.0 Å². The van der Waals surface area contributed by atoms with Gasteiger partial charge >= 0.3 is 0 Å². The van der Waals surface area contributed by atoms with Crippen LogP contribution in [-0.2, 0) is 0 Å². The van der Waals surface area contributed by atoms with Crippen LogP contribution in [0.15, 0.2) is 12.1 Å². The molecular formula is C12H13F2N3. The molecule has 1 aliphatic heterocycles. The van der Waals surface area contributed by atoms with Gasteiger partial charge in [0.25, 0.3) is 0 Å². The average molecular weight is 237 g/mol. The molecule has 1 aliphatic rings. The second-order valence-corrected chi connectivity index (χ2v) is 4.58. The van der Waals surface area contributed by atoms with Crippen LogP contribution in [0.1, 0.15) is 25.2 Å². The molecule has 0 saturated carbocycles. The quantitative estimate of drug-likeness (QED) is 0.800. The van der Waals surface area contributed by atoms with Crippen molar-refractivity contribution in [1.29, 1.82) is 0 Å². The summed E-state index contributed by atoms with van der Waals surface area (Å²) in [4.78, 5) is 7.23. The number of aromatic nitrogens is 2. The fraction of sp³-hybridized carbons (Fsp3) is 0.417. The summed E-state index contributed by atoms with van der Waals surface area (Å²) in [7, 11) is 0. The van der Waals surface area contributed by atoms with E-state index >= 15 is 0 Å². The summed E-state index contributed by atoms with van der Waals surface area (Å²) < 4.78 is 26.6. The van der Waals surface area contributed by atoms with E-state index < -0.39 is 11.6 Å².